The molecule has 0 aliphatic heterocycles. The number of aromatic nitrogens is 1. The SMILES string of the molecule is Cc1ccccc1OCC(=O)N/N=C/c1cc(C)n(-c2ccc(Cl)cc2Cl)c1C. The second-order valence-electron chi connectivity index (χ2n) is 6.60. The average molecular weight is 430 g/mol. The first kappa shape index (κ1) is 21.0. The molecule has 2 aromatic carbocycles. The van der Waals surface area contributed by atoms with Gasteiger partial charge in [0.05, 0.1) is 16.9 Å². The Morgan fingerprint density at radius 1 is 1.14 bits per heavy atom. The second-order valence-corrected chi connectivity index (χ2v) is 7.45. The number of benzene rings is 2. The third kappa shape index (κ3) is 5.00. The zero-order valence-corrected chi connectivity index (χ0v) is 17.9. The molecule has 150 valence electrons. The number of hydrazone groups is 1. The third-order valence-electron chi connectivity index (χ3n) is 4.47. The minimum Gasteiger partial charge on any atom is -0.483 e. The molecule has 7 heteroatoms. The van der Waals surface area contributed by atoms with Crippen LogP contribution in [-0.2, 0) is 4.79 Å². The van der Waals surface area contributed by atoms with Crippen molar-refractivity contribution in [1.29, 1.82) is 0 Å². The van der Waals surface area contributed by atoms with Gasteiger partial charge < -0.3 is 9.30 Å². The number of para-hydroxylation sites is 1. The highest BCUT2D eigenvalue weighted by Gasteiger charge is 2.12. The molecule has 0 saturated heterocycles. The molecule has 5 nitrogen and oxygen atoms in total. The standard InChI is InChI=1S/C22H21Cl2N3O2/c1-14-6-4-5-7-21(14)29-13-22(28)26-25-12-17-10-15(2)27(16(17)3)20-9-8-18(23)11-19(20)24/h4-12H,13H2,1-3H3,(H,26,28)/b25-12+. The van der Waals surface area contributed by atoms with Gasteiger partial charge in [0.1, 0.15) is 5.75 Å². The Balaban J connectivity index is 1.67. The summed E-state index contributed by atoms with van der Waals surface area (Å²) in [6, 6.07) is 14.9. The highest BCUT2D eigenvalue weighted by molar-refractivity contribution is 6.35. The van der Waals surface area contributed by atoms with Crippen LogP contribution in [0.4, 0.5) is 0 Å². The normalized spacial score (nSPS) is 11.1. The minimum absolute atomic E-state index is 0.110. The van der Waals surface area contributed by atoms with Gasteiger partial charge in [0, 0.05) is 22.0 Å². The molecule has 0 bridgehead atoms. The minimum atomic E-state index is -0.334. The van der Waals surface area contributed by atoms with Crippen LogP contribution in [0.25, 0.3) is 5.69 Å². The van der Waals surface area contributed by atoms with Gasteiger partial charge in [-0.25, -0.2) is 5.43 Å². The van der Waals surface area contributed by atoms with Crippen molar-refractivity contribution in [3.63, 3.8) is 0 Å². The zero-order valence-electron chi connectivity index (χ0n) is 16.4. The molecule has 1 amide bonds. The topological polar surface area (TPSA) is 55.6 Å². The summed E-state index contributed by atoms with van der Waals surface area (Å²) in [6.07, 6.45) is 1.61. The largest absolute Gasteiger partial charge is 0.483 e. The van der Waals surface area contributed by atoms with E-state index in [2.05, 4.69) is 10.5 Å². The van der Waals surface area contributed by atoms with Crippen molar-refractivity contribution >= 4 is 35.3 Å². The molecule has 0 atom stereocenters. The Labute approximate surface area is 179 Å². The number of amides is 1. The lowest BCUT2D eigenvalue weighted by molar-refractivity contribution is -0.123. The summed E-state index contributed by atoms with van der Waals surface area (Å²) in [4.78, 5) is 12.0. The van der Waals surface area contributed by atoms with E-state index in [1.54, 1.807) is 18.3 Å². The fourth-order valence-corrected chi connectivity index (χ4v) is 3.51. The maximum atomic E-state index is 12.0. The van der Waals surface area contributed by atoms with E-state index in [4.69, 9.17) is 27.9 Å². The van der Waals surface area contributed by atoms with E-state index in [-0.39, 0.29) is 12.5 Å². The molecule has 1 aromatic heterocycles. The van der Waals surface area contributed by atoms with Gasteiger partial charge in [-0.15, -0.1) is 0 Å². The molecule has 0 aliphatic carbocycles. The molecular weight excluding hydrogens is 409 g/mol. The highest BCUT2D eigenvalue weighted by Crippen LogP contribution is 2.28. The van der Waals surface area contributed by atoms with Crippen LogP contribution in [0.1, 0.15) is 22.5 Å². The summed E-state index contributed by atoms with van der Waals surface area (Å²) in [5.41, 5.74) is 7.09. The predicted molar refractivity (Wildman–Crippen MR) is 118 cm³/mol. The molecule has 29 heavy (non-hydrogen) atoms. The van der Waals surface area contributed by atoms with Crippen LogP contribution in [0.2, 0.25) is 10.0 Å². The smallest absolute Gasteiger partial charge is 0.277 e. The van der Waals surface area contributed by atoms with Crippen molar-refractivity contribution in [3.8, 4) is 11.4 Å². The van der Waals surface area contributed by atoms with Gasteiger partial charge in [-0.2, -0.15) is 5.10 Å². The quantitative estimate of drug-likeness (QED) is 0.430. The summed E-state index contributed by atoms with van der Waals surface area (Å²) < 4.78 is 7.53. The van der Waals surface area contributed by atoms with E-state index in [0.29, 0.717) is 15.8 Å². The molecule has 3 rings (SSSR count). The number of ether oxygens (including phenoxy) is 1. The fourth-order valence-electron chi connectivity index (χ4n) is 3.02. The van der Waals surface area contributed by atoms with E-state index in [9.17, 15) is 4.79 Å². The van der Waals surface area contributed by atoms with Crippen molar-refractivity contribution in [3.05, 3.63) is 81.1 Å². The van der Waals surface area contributed by atoms with Crippen molar-refractivity contribution in [2.45, 2.75) is 20.8 Å². The Morgan fingerprint density at radius 2 is 1.90 bits per heavy atom. The number of halogens is 2. The summed E-state index contributed by atoms with van der Waals surface area (Å²) in [5, 5.41) is 5.19. The van der Waals surface area contributed by atoms with Gasteiger partial charge in [-0.05, 0) is 56.7 Å². The zero-order chi connectivity index (χ0) is 21.0. The molecule has 0 aliphatic rings. The van der Waals surface area contributed by atoms with E-state index >= 15 is 0 Å². The lowest BCUT2D eigenvalue weighted by Crippen LogP contribution is -2.24. The highest BCUT2D eigenvalue weighted by atomic mass is 35.5. The molecule has 0 saturated carbocycles. The Morgan fingerprint density at radius 3 is 2.62 bits per heavy atom. The molecule has 0 fully saturated rings. The van der Waals surface area contributed by atoms with Crippen LogP contribution in [0.3, 0.4) is 0 Å². The average Bonchev–Trinajstić information content (AvgIpc) is 2.95. The number of nitrogens with one attached hydrogen (secondary N) is 1. The number of carbonyl (C=O) groups is 1. The molecule has 1 N–H and O–H groups in total. The van der Waals surface area contributed by atoms with Crippen LogP contribution in [-0.4, -0.2) is 23.3 Å². The number of hydrogen-bond donors (Lipinski definition) is 1. The van der Waals surface area contributed by atoms with Crippen LogP contribution in [0.5, 0.6) is 5.75 Å². The summed E-state index contributed by atoms with van der Waals surface area (Å²) in [5.74, 6) is 0.342. The van der Waals surface area contributed by atoms with E-state index in [1.807, 2.05) is 61.7 Å². The maximum absolute atomic E-state index is 12.0. The Bertz CT molecular complexity index is 1070. The first-order chi connectivity index (χ1) is 13.9. The Kier molecular flexibility index (Phi) is 6.62. The van der Waals surface area contributed by atoms with Crippen molar-refractivity contribution < 1.29 is 9.53 Å². The van der Waals surface area contributed by atoms with Crippen molar-refractivity contribution in [2.75, 3.05) is 6.61 Å². The molecule has 1 heterocycles. The number of aryl methyl sites for hydroxylation is 2. The van der Waals surface area contributed by atoms with Crippen LogP contribution >= 0.6 is 23.2 Å². The monoisotopic (exact) mass is 429 g/mol. The first-order valence-electron chi connectivity index (χ1n) is 9.01. The number of hydrogen-bond acceptors (Lipinski definition) is 3. The van der Waals surface area contributed by atoms with Crippen molar-refractivity contribution in [2.24, 2.45) is 5.10 Å². The van der Waals surface area contributed by atoms with Gasteiger partial charge >= 0.3 is 0 Å². The maximum Gasteiger partial charge on any atom is 0.277 e. The predicted octanol–water partition coefficient (Wildman–Crippen LogP) is 5.24. The first-order valence-corrected chi connectivity index (χ1v) is 9.77. The summed E-state index contributed by atoms with van der Waals surface area (Å²) in [7, 11) is 0. The van der Waals surface area contributed by atoms with Crippen LogP contribution in [0, 0.1) is 20.8 Å². The van der Waals surface area contributed by atoms with Crippen LogP contribution in [0.15, 0.2) is 53.6 Å². The molecule has 3 aromatic rings. The molecule has 0 unspecified atom stereocenters. The van der Waals surface area contributed by atoms with Gasteiger partial charge in [-0.1, -0.05) is 41.4 Å². The number of nitrogens with zero attached hydrogens (tertiary/aromatic N) is 2. The number of carbonyl (C=O) groups excluding carboxylic acids is 1. The third-order valence-corrected chi connectivity index (χ3v) is 5.00. The summed E-state index contributed by atoms with van der Waals surface area (Å²) >= 11 is 12.3. The van der Waals surface area contributed by atoms with Gasteiger partial charge in [-0.3, -0.25) is 4.79 Å². The molecule has 0 radical (unpaired) electrons. The van der Waals surface area contributed by atoms with E-state index in [1.165, 1.54) is 0 Å². The Hall–Kier alpha value is -2.76. The van der Waals surface area contributed by atoms with Gasteiger partial charge in [0.25, 0.3) is 5.91 Å². The lowest BCUT2D eigenvalue weighted by atomic mass is 10.2. The lowest BCUT2D eigenvalue weighted by Gasteiger charge is -2.11. The van der Waals surface area contributed by atoms with Crippen molar-refractivity contribution in [1.82, 2.24) is 9.99 Å². The van der Waals surface area contributed by atoms with Gasteiger partial charge in [0.15, 0.2) is 6.61 Å². The number of rotatable bonds is 6. The summed E-state index contributed by atoms with van der Waals surface area (Å²) in [6.45, 7) is 5.75. The fraction of sp³-hybridized carbons (Fsp3) is 0.182. The van der Waals surface area contributed by atoms with E-state index in [0.717, 1.165) is 28.2 Å². The second kappa shape index (κ2) is 9.16. The molecular formula is C22H21Cl2N3O2. The van der Waals surface area contributed by atoms with Gasteiger partial charge in [0.2, 0.25) is 0 Å². The van der Waals surface area contributed by atoms with E-state index < -0.39 is 0 Å². The molecule has 0 spiro atoms. The van der Waals surface area contributed by atoms with Crippen LogP contribution < -0.4 is 10.2 Å².